The molecule has 0 atom stereocenters. The number of oxime groups is 1. The fraction of sp³-hybridized carbons (Fsp3) is 0.417. The van der Waals surface area contributed by atoms with Crippen molar-refractivity contribution in [1.82, 2.24) is 0 Å². The quantitative estimate of drug-likeness (QED) is 0.416. The second kappa shape index (κ2) is 7.80. The van der Waals surface area contributed by atoms with Gasteiger partial charge in [0, 0.05) is 4.47 Å². The first-order valence-corrected chi connectivity index (χ1v) is 8.14. The molecule has 0 saturated carbocycles. The molecule has 0 aliphatic rings. The zero-order valence-corrected chi connectivity index (χ0v) is 13.6. The number of nitrogens with zero attached hydrogens (tertiary/aromatic N) is 1. The maximum Gasteiger partial charge on any atom is 0.550 e. The minimum Gasteiger partial charge on any atom is -0.292 e. The van der Waals surface area contributed by atoms with Gasteiger partial charge in [0.05, 0.1) is 18.9 Å². The molecule has 5 nitrogen and oxygen atoms in total. The molecule has 7 heteroatoms. The van der Waals surface area contributed by atoms with E-state index in [9.17, 15) is 4.57 Å². The van der Waals surface area contributed by atoms with E-state index >= 15 is 0 Å². The first-order valence-electron chi connectivity index (χ1n) is 5.89. The first-order chi connectivity index (χ1) is 9.00. The third-order valence-electron chi connectivity index (χ3n) is 2.11. The third kappa shape index (κ3) is 5.45. The van der Waals surface area contributed by atoms with E-state index in [1.807, 2.05) is 24.3 Å². The van der Waals surface area contributed by atoms with Crippen LogP contribution in [0.5, 0.6) is 0 Å². The molecule has 0 radical (unpaired) electrons. The molecule has 0 aromatic heterocycles. The molecule has 1 rings (SSSR count). The number of benzene rings is 1. The van der Waals surface area contributed by atoms with Gasteiger partial charge >= 0.3 is 7.82 Å². The number of phosphoric acid groups is 1. The van der Waals surface area contributed by atoms with Crippen molar-refractivity contribution in [2.45, 2.75) is 20.8 Å². The Hall–Kier alpha value is -0.680. The van der Waals surface area contributed by atoms with E-state index in [1.54, 1.807) is 20.8 Å². The van der Waals surface area contributed by atoms with Gasteiger partial charge < -0.3 is 0 Å². The Morgan fingerprint density at radius 2 is 1.74 bits per heavy atom. The summed E-state index contributed by atoms with van der Waals surface area (Å²) in [6, 6.07) is 7.52. The van der Waals surface area contributed by atoms with Crippen LogP contribution < -0.4 is 0 Å². The van der Waals surface area contributed by atoms with E-state index < -0.39 is 7.82 Å². The summed E-state index contributed by atoms with van der Waals surface area (Å²) >= 11 is 3.35. The fourth-order valence-corrected chi connectivity index (χ4v) is 2.54. The minimum absolute atomic E-state index is 0.226. The van der Waals surface area contributed by atoms with Gasteiger partial charge in [-0.05, 0) is 38.5 Å². The summed E-state index contributed by atoms with van der Waals surface area (Å²) in [4.78, 5) is 0. The highest BCUT2D eigenvalue weighted by Gasteiger charge is 2.27. The highest BCUT2D eigenvalue weighted by Crippen LogP contribution is 2.49. The number of hydrogen-bond acceptors (Lipinski definition) is 5. The molecule has 19 heavy (non-hydrogen) atoms. The fourth-order valence-electron chi connectivity index (χ4n) is 1.26. The van der Waals surface area contributed by atoms with E-state index in [-0.39, 0.29) is 13.2 Å². The predicted octanol–water partition coefficient (Wildman–Crippen LogP) is 4.37. The Balaban J connectivity index is 2.78. The normalized spacial score (nSPS) is 12.5. The summed E-state index contributed by atoms with van der Waals surface area (Å²) in [6.45, 7) is 5.63. The van der Waals surface area contributed by atoms with Gasteiger partial charge in [0.15, 0.2) is 0 Å². The molecule has 0 unspecified atom stereocenters. The summed E-state index contributed by atoms with van der Waals surface area (Å²) in [6.07, 6.45) is 0. The van der Waals surface area contributed by atoms with Crippen LogP contribution in [0, 0.1) is 0 Å². The van der Waals surface area contributed by atoms with Crippen LogP contribution in [0.2, 0.25) is 0 Å². The van der Waals surface area contributed by atoms with Crippen LogP contribution in [0.15, 0.2) is 33.9 Å². The highest BCUT2D eigenvalue weighted by atomic mass is 79.9. The molecule has 0 amide bonds. The average Bonchev–Trinajstić information content (AvgIpc) is 2.37. The van der Waals surface area contributed by atoms with Crippen molar-refractivity contribution < 1.29 is 18.2 Å². The van der Waals surface area contributed by atoms with Crippen LogP contribution in [0.1, 0.15) is 26.3 Å². The Labute approximate surface area is 121 Å². The van der Waals surface area contributed by atoms with E-state index in [2.05, 4.69) is 21.1 Å². The summed E-state index contributed by atoms with van der Waals surface area (Å²) < 4.78 is 27.9. The van der Waals surface area contributed by atoms with Crippen molar-refractivity contribution in [2.24, 2.45) is 5.16 Å². The van der Waals surface area contributed by atoms with Gasteiger partial charge in [0.25, 0.3) is 0 Å². The lowest BCUT2D eigenvalue weighted by Crippen LogP contribution is -2.00. The topological polar surface area (TPSA) is 57.1 Å². The summed E-state index contributed by atoms with van der Waals surface area (Å²) in [5.41, 5.74) is 1.45. The van der Waals surface area contributed by atoms with Crippen molar-refractivity contribution in [1.29, 1.82) is 0 Å². The van der Waals surface area contributed by atoms with E-state index in [0.717, 1.165) is 10.0 Å². The van der Waals surface area contributed by atoms with E-state index in [4.69, 9.17) is 13.7 Å². The molecule has 0 N–H and O–H groups in total. The van der Waals surface area contributed by atoms with Crippen molar-refractivity contribution >= 4 is 29.5 Å². The molecule has 0 aliphatic carbocycles. The van der Waals surface area contributed by atoms with Crippen molar-refractivity contribution in [3.8, 4) is 0 Å². The van der Waals surface area contributed by atoms with Crippen molar-refractivity contribution in [2.75, 3.05) is 13.2 Å². The maximum atomic E-state index is 12.0. The van der Waals surface area contributed by atoms with Gasteiger partial charge in [-0.3, -0.25) is 13.7 Å². The van der Waals surface area contributed by atoms with Gasteiger partial charge in [-0.2, -0.15) is 0 Å². The molecule has 0 fully saturated rings. The molecule has 1 aromatic carbocycles. The SMILES string of the molecule is CCOP(=O)(OCC)ON=C(C)c1ccc(Br)cc1. The molecular weight excluding hydrogens is 333 g/mol. The highest BCUT2D eigenvalue weighted by molar-refractivity contribution is 9.10. The monoisotopic (exact) mass is 349 g/mol. The number of halogens is 1. The van der Waals surface area contributed by atoms with Gasteiger partial charge in [0.2, 0.25) is 0 Å². The second-order valence-corrected chi connectivity index (χ2v) is 6.04. The predicted molar refractivity (Wildman–Crippen MR) is 78.3 cm³/mol. The van der Waals surface area contributed by atoms with Crippen molar-refractivity contribution in [3.05, 3.63) is 34.3 Å². The third-order valence-corrected chi connectivity index (χ3v) is 4.07. The summed E-state index contributed by atoms with van der Waals surface area (Å²) in [5, 5.41) is 3.82. The Kier molecular flexibility index (Phi) is 6.72. The lowest BCUT2D eigenvalue weighted by molar-refractivity contribution is 0.125. The minimum atomic E-state index is -3.60. The molecule has 0 heterocycles. The zero-order valence-electron chi connectivity index (χ0n) is 11.1. The largest absolute Gasteiger partial charge is 0.550 e. The van der Waals surface area contributed by atoms with E-state index in [0.29, 0.717) is 5.71 Å². The van der Waals surface area contributed by atoms with Gasteiger partial charge in [-0.1, -0.05) is 33.2 Å². The molecule has 0 spiro atoms. The molecule has 0 saturated heterocycles. The van der Waals surface area contributed by atoms with Crippen molar-refractivity contribution in [3.63, 3.8) is 0 Å². The van der Waals surface area contributed by atoms with E-state index in [1.165, 1.54) is 0 Å². The van der Waals surface area contributed by atoms with Gasteiger partial charge in [-0.15, -0.1) is 0 Å². The van der Waals surface area contributed by atoms with Crippen LogP contribution in [-0.2, 0) is 18.2 Å². The zero-order chi connectivity index (χ0) is 14.3. The maximum absolute atomic E-state index is 12.0. The van der Waals surface area contributed by atoms with Crippen LogP contribution in [-0.4, -0.2) is 18.9 Å². The second-order valence-electron chi connectivity index (χ2n) is 3.55. The van der Waals surface area contributed by atoms with Crippen LogP contribution >= 0.6 is 23.8 Å². The first kappa shape index (κ1) is 16.4. The summed E-state index contributed by atoms with van der Waals surface area (Å²) in [7, 11) is -3.60. The molecule has 0 aliphatic heterocycles. The Morgan fingerprint density at radius 3 is 2.21 bits per heavy atom. The lowest BCUT2D eigenvalue weighted by atomic mass is 10.1. The van der Waals surface area contributed by atoms with Crippen LogP contribution in [0.25, 0.3) is 0 Å². The smallest absolute Gasteiger partial charge is 0.292 e. The van der Waals surface area contributed by atoms with Gasteiger partial charge in [0.1, 0.15) is 0 Å². The lowest BCUT2D eigenvalue weighted by Gasteiger charge is -2.13. The number of rotatable bonds is 7. The number of phosphoric ester groups is 1. The Morgan fingerprint density at radius 1 is 1.21 bits per heavy atom. The average molecular weight is 350 g/mol. The molecular formula is C12H17BrNO4P. The standard InChI is InChI=1S/C12H17BrNO4P/c1-4-16-19(15,17-5-2)18-14-10(3)11-6-8-12(13)9-7-11/h6-9H,4-5H2,1-3H3. The Bertz CT molecular complexity index is 465. The van der Waals surface area contributed by atoms with Crippen LogP contribution in [0.3, 0.4) is 0 Å². The summed E-state index contributed by atoms with van der Waals surface area (Å²) in [5.74, 6) is 0. The molecule has 1 aromatic rings. The van der Waals surface area contributed by atoms with Gasteiger partial charge in [-0.25, -0.2) is 4.57 Å². The van der Waals surface area contributed by atoms with Crippen LogP contribution in [0.4, 0.5) is 0 Å². The number of hydrogen-bond donors (Lipinski definition) is 0. The molecule has 0 bridgehead atoms. The molecule has 106 valence electrons.